The molecule has 164 valence electrons. The topological polar surface area (TPSA) is 95.9 Å². The highest BCUT2D eigenvalue weighted by Gasteiger charge is 2.36. The van der Waals surface area contributed by atoms with Crippen molar-refractivity contribution < 1.29 is 24.2 Å². The Morgan fingerprint density at radius 3 is 2.55 bits per heavy atom. The molecule has 0 fully saturated rings. The van der Waals surface area contributed by atoms with Crippen LogP contribution in [0.15, 0.2) is 53.7 Å². The zero-order valence-electron chi connectivity index (χ0n) is 17.9. The quantitative estimate of drug-likeness (QED) is 0.460. The Morgan fingerprint density at radius 2 is 1.84 bits per heavy atom. The van der Waals surface area contributed by atoms with Crippen molar-refractivity contribution in [2.75, 3.05) is 13.2 Å². The molecule has 3 rings (SSSR count). The number of carbonyl (C=O) groups is 3. The number of fused-ring (bicyclic) bond motifs is 1. The number of rotatable bonds is 9. The van der Waals surface area contributed by atoms with Gasteiger partial charge in [-0.05, 0) is 49.1 Å². The van der Waals surface area contributed by atoms with E-state index >= 15 is 0 Å². The molecule has 7 heteroatoms. The molecule has 2 N–H and O–H groups in total. The van der Waals surface area contributed by atoms with Gasteiger partial charge in [0.1, 0.15) is 0 Å². The summed E-state index contributed by atoms with van der Waals surface area (Å²) in [7, 11) is 0. The van der Waals surface area contributed by atoms with Crippen LogP contribution in [0.3, 0.4) is 0 Å². The van der Waals surface area contributed by atoms with Crippen LogP contribution < -0.4 is 5.32 Å². The van der Waals surface area contributed by atoms with Crippen molar-refractivity contribution in [3.05, 3.63) is 59.3 Å². The third-order valence-corrected chi connectivity index (χ3v) is 5.47. The van der Waals surface area contributed by atoms with Gasteiger partial charge >= 0.3 is 18.0 Å². The number of amides is 2. The summed E-state index contributed by atoms with van der Waals surface area (Å²) in [6.07, 6.45) is 2.00. The molecular weight excluding hydrogens is 396 g/mol. The lowest BCUT2D eigenvalue weighted by Crippen LogP contribution is -2.48. The molecule has 1 aliphatic rings. The van der Waals surface area contributed by atoms with Gasteiger partial charge in [0, 0.05) is 18.7 Å². The van der Waals surface area contributed by atoms with Crippen molar-refractivity contribution in [2.24, 2.45) is 0 Å². The van der Waals surface area contributed by atoms with Crippen molar-refractivity contribution in [1.82, 2.24) is 10.2 Å². The summed E-state index contributed by atoms with van der Waals surface area (Å²) >= 11 is 0. The Labute approximate surface area is 181 Å². The zero-order valence-corrected chi connectivity index (χ0v) is 17.9. The number of hydrogen-bond donors (Lipinski definition) is 2. The Kier molecular flexibility index (Phi) is 7.28. The summed E-state index contributed by atoms with van der Waals surface area (Å²) in [4.78, 5) is 37.9. The maximum Gasteiger partial charge on any atom is 0.338 e. The molecule has 0 aliphatic carbocycles. The molecule has 0 radical (unpaired) electrons. The van der Waals surface area contributed by atoms with Crippen molar-refractivity contribution >= 4 is 28.7 Å². The fourth-order valence-electron chi connectivity index (χ4n) is 3.88. The van der Waals surface area contributed by atoms with Crippen molar-refractivity contribution in [3.8, 4) is 0 Å². The summed E-state index contributed by atoms with van der Waals surface area (Å²) in [5.74, 6) is -1.27. The first kappa shape index (κ1) is 22.3. The molecule has 0 aromatic heterocycles. The zero-order chi connectivity index (χ0) is 22.4. The van der Waals surface area contributed by atoms with E-state index in [1.54, 1.807) is 18.7 Å². The van der Waals surface area contributed by atoms with Gasteiger partial charge in [-0.2, -0.15) is 0 Å². The average molecular weight is 424 g/mol. The van der Waals surface area contributed by atoms with Crippen LogP contribution in [0, 0.1) is 0 Å². The Balaban J connectivity index is 1.88. The number of carbonyl (C=O) groups excluding carboxylic acids is 2. The monoisotopic (exact) mass is 424 g/mol. The normalized spacial score (nSPS) is 16.4. The highest BCUT2D eigenvalue weighted by atomic mass is 16.5. The average Bonchev–Trinajstić information content (AvgIpc) is 2.74. The number of aliphatic carboxylic acids is 1. The number of ether oxygens (including phenoxy) is 1. The number of benzene rings is 2. The predicted octanol–water partition coefficient (Wildman–Crippen LogP) is 4.39. The Morgan fingerprint density at radius 1 is 1.10 bits per heavy atom. The maximum atomic E-state index is 12.9. The van der Waals surface area contributed by atoms with E-state index in [-0.39, 0.29) is 19.1 Å². The maximum absolute atomic E-state index is 12.9. The molecule has 2 aromatic rings. The minimum Gasteiger partial charge on any atom is -0.481 e. The molecule has 2 aromatic carbocycles. The number of allylic oxidation sites excluding steroid dienone is 1. The standard InChI is InChI=1S/C24H28N2O5/c1-3-31-23(29)21-16(2)26(14-8-4-5-11-20(27)28)24(30)25-22(21)19-13-12-17-9-6-7-10-18(17)15-19/h6-7,9-10,12-13,15,22H,3-5,8,11,14H2,1-2H3,(H,25,30)(H,27,28). The molecule has 31 heavy (non-hydrogen) atoms. The lowest BCUT2D eigenvalue weighted by molar-refractivity contribution is -0.139. The second-order valence-corrected chi connectivity index (χ2v) is 7.56. The first-order chi connectivity index (χ1) is 14.9. The minimum atomic E-state index is -0.824. The van der Waals surface area contributed by atoms with E-state index in [2.05, 4.69) is 5.32 Å². The lowest BCUT2D eigenvalue weighted by Gasteiger charge is -2.35. The van der Waals surface area contributed by atoms with Gasteiger partial charge in [0.15, 0.2) is 0 Å². The molecule has 0 saturated heterocycles. The number of carboxylic acid groups (broad SMARTS) is 1. The van der Waals surface area contributed by atoms with Crippen LogP contribution in [0.25, 0.3) is 10.8 Å². The van der Waals surface area contributed by atoms with Gasteiger partial charge in [-0.3, -0.25) is 9.69 Å². The first-order valence-electron chi connectivity index (χ1n) is 10.6. The van der Waals surface area contributed by atoms with Crippen LogP contribution >= 0.6 is 0 Å². The van der Waals surface area contributed by atoms with Crippen LogP contribution in [0.4, 0.5) is 4.79 Å². The number of urea groups is 1. The predicted molar refractivity (Wildman–Crippen MR) is 117 cm³/mol. The Hall–Kier alpha value is -3.35. The molecule has 1 unspecified atom stereocenters. The van der Waals surface area contributed by atoms with Crippen LogP contribution in [0.5, 0.6) is 0 Å². The first-order valence-corrected chi connectivity index (χ1v) is 10.6. The molecule has 0 saturated carbocycles. The fourth-order valence-corrected chi connectivity index (χ4v) is 3.88. The summed E-state index contributed by atoms with van der Waals surface area (Å²) in [5, 5.41) is 13.8. The van der Waals surface area contributed by atoms with Crippen LogP contribution in [0.1, 0.15) is 51.1 Å². The largest absolute Gasteiger partial charge is 0.481 e. The highest BCUT2D eigenvalue weighted by molar-refractivity contribution is 5.95. The van der Waals surface area contributed by atoms with E-state index in [9.17, 15) is 14.4 Å². The molecular formula is C24H28N2O5. The van der Waals surface area contributed by atoms with Gasteiger partial charge in [-0.25, -0.2) is 9.59 Å². The summed E-state index contributed by atoms with van der Waals surface area (Å²) in [6, 6.07) is 12.9. The molecule has 2 amide bonds. The van der Waals surface area contributed by atoms with Crippen molar-refractivity contribution in [2.45, 2.75) is 45.6 Å². The highest BCUT2D eigenvalue weighted by Crippen LogP contribution is 2.33. The van der Waals surface area contributed by atoms with E-state index in [0.29, 0.717) is 37.1 Å². The third kappa shape index (κ3) is 5.23. The van der Waals surface area contributed by atoms with E-state index in [1.165, 1.54) is 0 Å². The van der Waals surface area contributed by atoms with E-state index < -0.39 is 18.0 Å². The second-order valence-electron chi connectivity index (χ2n) is 7.56. The number of unbranched alkanes of at least 4 members (excludes halogenated alkanes) is 2. The number of nitrogens with zero attached hydrogens (tertiary/aromatic N) is 1. The molecule has 1 atom stereocenters. The third-order valence-electron chi connectivity index (χ3n) is 5.47. The van der Waals surface area contributed by atoms with Crippen LogP contribution in [-0.4, -0.2) is 41.1 Å². The smallest absolute Gasteiger partial charge is 0.338 e. The van der Waals surface area contributed by atoms with E-state index in [1.807, 2.05) is 42.5 Å². The number of nitrogens with one attached hydrogen (secondary N) is 1. The SMILES string of the molecule is CCOC(=O)C1=C(C)N(CCCCCC(=O)O)C(=O)NC1c1ccc2ccccc2c1. The van der Waals surface area contributed by atoms with Gasteiger partial charge in [0.05, 0.1) is 18.2 Å². The van der Waals surface area contributed by atoms with Gasteiger partial charge < -0.3 is 15.2 Å². The molecule has 0 spiro atoms. The van der Waals surface area contributed by atoms with Gasteiger partial charge in [-0.15, -0.1) is 0 Å². The lowest BCUT2D eigenvalue weighted by atomic mass is 9.93. The number of carboxylic acids is 1. The van der Waals surface area contributed by atoms with Crippen molar-refractivity contribution in [3.63, 3.8) is 0 Å². The fraction of sp³-hybridized carbons (Fsp3) is 0.375. The Bertz CT molecular complexity index is 1010. The second kappa shape index (κ2) is 10.1. The molecule has 1 aliphatic heterocycles. The van der Waals surface area contributed by atoms with E-state index in [0.717, 1.165) is 16.3 Å². The van der Waals surface area contributed by atoms with Crippen LogP contribution in [-0.2, 0) is 14.3 Å². The number of hydrogen-bond acceptors (Lipinski definition) is 4. The van der Waals surface area contributed by atoms with Gasteiger partial charge in [-0.1, -0.05) is 42.8 Å². The summed E-state index contributed by atoms with van der Waals surface area (Å²) < 4.78 is 5.30. The van der Waals surface area contributed by atoms with Gasteiger partial charge in [0.25, 0.3) is 0 Å². The number of esters is 1. The van der Waals surface area contributed by atoms with Crippen molar-refractivity contribution in [1.29, 1.82) is 0 Å². The van der Waals surface area contributed by atoms with Gasteiger partial charge in [0.2, 0.25) is 0 Å². The molecule has 7 nitrogen and oxygen atoms in total. The summed E-state index contributed by atoms with van der Waals surface area (Å²) in [5.41, 5.74) is 1.80. The van der Waals surface area contributed by atoms with E-state index in [4.69, 9.17) is 9.84 Å². The molecule has 0 bridgehead atoms. The van der Waals surface area contributed by atoms with Crippen LogP contribution in [0.2, 0.25) is 0 Å². The molecule has 1 heterocycles. The minimum absolute atomic E-state index is 0.110. The summed E-state index contributed by atoms with van der Waals surface area (Å²) in [6.45, 7) is 4.16.